The molecular formula is C15H16BrFN2O. The number of methoxy groups -OCH3 is 1. The highest BCUT2D eigenvalue weighted by molar-refractivity contribution is 9.10. The Labute approximate surface area is 126 Å². The first-order valence-electron chi connectivity index (χ1n) is 6.19. The fraction of sp³-hybridized carbons (Fsp3) is 0.200. The molecule has 5 heteroatoms. The van der Waals surface area contributed by atoms with Crippen LogP contribution in [0, 0.1) is 5.82 Å². The molecule has 2 rings (SSSR count). The molecule has 0 saturated carbocycles. The van der Waals surface area contributed by atoms with Crippen LogP contribution in [0.15, 0.2) is 46.9 Å². The van der Waals surface area contributed by atoms with E-state index in [2.05, 4.69) is 21.2 Å². The molecule has 0 radical (unpaired) electrons. The summed E-state index contributed by atoms with van der Waals surface area (Å²) < 4.78 is 19.2. The Bertz CT molecular complexity index is 592. The molecule has 2 aromatic carbocycles. The maximum absolute atomic E-state index is 13.2. The molecular weight excluding hydrogens is 323 g/mol. The first-order valence-corrected chi connectivity index (χ1v) is 6.99. The maximum atomic E-state index is 13.2. The first-order chi connectivity index (χ1) is 9.63. The van der Waals surface area contributed by atoms with Crippen LogP contribution in [0.25, 0.3) is 0 Å². The topological polar surface area (TPSA) is 47.3 Å². The summed E-state index contributed by atoms with van der Waals surface area (Å²) in [6.07, 6.45) is 0. The lowest BCUT2D eigenvalue weighted by Crippen LogP contribution is -2.20. The Morgan fingerprint density at radius 2 is 2.10 bits per heavy atom. The molecule has 0 aromatic heterocycles. The van der Waals surface area contributed by atoms with Gasteiger partial charge in [-0.05, 0) is 51.8 Å². The van der Waals surface area contributed by atoms with Gasteiger partial charge >= 0.3 is 0 Å². The van der Waals surface area contributed by atoms with E-state index in [0.29, 0.717) is 12.2 Å². The highest BCUT2D eigenvalue weighted by Crippen LogP contribution is 2.29. The number of ether oxygens (including phenoxy) is 1. The molecule has 1 atom stereocenters. The number of benzene rings is 2. The molecule has 106 valence electrons. The van der Waals surface area contributed by atoms with Crippen molar-refractivity contribution >= 4 is 21.6 Å². The predicted octanol–water partition coefficient (Wildman–Crippen LogP) is 3.71. The van der Waals surface area contributed by atoms with Gasteiger partial charge < -0.3 is 15.8 Å². The van der Waals surface area contributed by atoms with Gasteiger partial charge in [0.15, 0.2) is 0 Å². The molecule has 0 aliphatic carbocycles. The molecule has 0 aliphatic rings. The van der Waals surface area contributed by atoms with Gasteiger partial charge in [0.05, 0.1) is 17.6 Å². The van der Waals surface area contributed by atoms with Crippen molar-refractivity contribution in [2.45, 2.75) is 6.04 Å². The van der Waals surface area contributed by atoms with Gasteiger partial charge in [0.1, 0.15) is 11.6 Å². The zero-order chi connectivity index (χ0) is 14.5. The fourth-order valence-electron chi connectivity index (χ4n) is 1.96. The molecule has 3 nitrogen and oxygen atoms in total. The second-order valence-electron chi connectivity index (χ2n) is 4.34. The minimum atomic E-state index is -0.276. The minimum Gasteiger partial charge on any atom is -0.496 e. The van der Waals surface area contributed by atoms with Gasteiger partial charge in [-0.15, -0.1) is 0 Å². The van der Waals surface area contributed by atoms with Gasteiger partial charge in [0, 0.05) is 12.2 Å². The molecule has 1 unspecified atom stereocenters. The molecule has 0 fully saturated rings. The molecule has 0 amide bonds. The lowest BCUT2D eigenvalue weighted by molar-refractivity contribution is 0.412. The second kappa shape index (κ2) is 6.72. The number of halogens is 2. The molecule has 0 heterocycles. The number of rotatable bonds is 5. The third kappa shape index (κ3) is 3.49. The van der Waals surface area contributed by atoms with Crippen LogP contribution in [0.2, 0.25) is 0 Å². The van der Waals surface area contributed by atoms with Crippen molar-refractivity contribution in [1.29, 1.82) is 0 Å². The van der Waals surface area contributed by atoms with Crippen molar-refractivity contribution in [1.82, 2.24) is 0 Å². The SMILES string of the molecule is COc1ccc(C(CN)Nc2cccc(F)c2)cc1Br. The lowest BCUT2D eigenvalue weighted by Gasteiger charge is -2.19. The summed E-state index contributed by atoms with van der Waals surface area (Å²) in [6.45, 7) is 0.398. The van der Waals surface area contributed by atoms with E-state index in [4.69, 9.17) is 10.5 Å². The van der Waals surface area contributed by atoms with E-state index in [1.165, 1.54) is 12.1 Å². The third-order valence-corrected chi connectivity index (χ3v) is 3.60. The summed E-state index contributed by atoms with van der Waals surface area (Å²) in [5, 5.41) is 3.22. The highest BCUT2D eigenvalue weighted by atomic mass is 79.9. The Morgan fingerprint density at radius 1 is 1.30 bits per heavy atom. The monoisotopic (exact) mass is 338 g/mol. The Hall–Kier alpha value is -1.59. The Balaban J connectivity index is 2.22. The predicted molar refractivity (Wildman–Crippen MR) is 82.5 cm³/mol. The van der Waals surface area contributed by atoms with E-state index < -0.39 is 0 Å². The van der Waals surface area contributed by atoms with Gasteiger partial charge in [0.25, 0.3) is 0 Å². The molecule has 0 spiro atoms. The number of nitrogens with one attached hydrogen (secondary N) is 1. The Kier molecular flexibility index (Phi) is 4.98. The summed E-state index contributed by atoms with van der Waals surface area (Å²) in [6, 6.07) is 12.0. The van der Waals surface area contributed by atoms with E-state index in [1.54, 1.807) is 13.2 Å². The number of anilines is 1. The van der Waals surface area contributed by atoms with E-state index in [0.717, 1.165) is 15.8 Å². The van der Waals surface area contributed by atoms with Crippen molar-refractivity contribution < 1.29 is 9.13 Å². The van der Waals surface area contributed by atoms with Crippen LogP contribution in [0.5, 0.6) is 5.75 Å². The summed E-state index contributed by atoms with van der Waals surface area (Å²) in [5.74, 6) is 0.483. The van der Waals surface area contributed by atoms with Gasteiger partial charge in [0.2, 0.25) is 0 Å². The number of hydrogen-bond acceptors (Lipinski definition) is 3. The van der Waals surface area contributed by atoms with Crippen molar-refractivity contribution in [2.75, 3.05) is 19.0 Å². The number of nitrogens with two attached hydrogens (primary N) is 1. The smallest absolute Gasteiger partial charge is 0.133 e. The van der Waals surface area contributed by atoms with Crippen LogP contribution in [0.1, 0.15) is 11.6 Å². The number of hydrogen-bond donors (Lipinski definition) is 2. The van der Waals surface area contributed by atoms with Crippen LogP contribution in [-0.4, -0.2) is 13.7 Å². The van der Waals surface area contributed by atoms with Crippen LogP contribution < -0.4 is 15.8 Å². The van der Waals surface area contributed by atoms with Crippen LogP contribution in [0.4, 0.5) is 10.1 Å². The largest absolute Gasteiger partial charge is 0.496 e. The normalized spacial score (nSPS) is 12.0. The molecule has 3 N–H and O–H groups in total. The Morgan fingerprint density at radius 3 is 2.70 bits per heavy atom. The second-order valence-corrected chi connectivity index (χ2v) is 5.19. The van der Waals surface area contributed by atoms with Gasteiger partial charge in [-0.2, -0.15) is 0 Å². The van der Waals surface area contributed by atoms with Crippen molar-refractivity contribution in [3.63, 3.8) is 0 Å². The summed E-state index contributed by atoms with van der Waals surface area (Å²) >= 11 is 3.45. The average Bonchev–Trinajstić information content (AvgIpc) is 2.44. The molecule has 2 aromatic rings. The molecule has 20 heavy (non-hydrogen) atoms. The third-order valence-electron chi connectivity index (χ3n) is 2.98. The van der Waals surface area contributed by atoms with Crippen molar-refractivity contribution in [2.24, 2.45) is 5.73 Å². The van der Waals surface area contributed by atoms with Crippen LogP contribution in [0.3, 0.4) is 0 Å². The summed E-state index contributed by atoms with van der Waals surface area (Å²) in [5.41, 5.74) is 7.51. The quantitative estimate of drug-likeness (QED) is 0.873. The zero-order valence-corrected chi connectivity index (χ0v) is 12.7. The van der Waals surface area contributed by atoms with E-state index in [9.17, 15) is 4.39 Å². The van der Waals surface area contributed by atoms with Crippen molar-refractivity contribution in [3.8, 4) is 5.75 Å². The molecule has 0 saturated heterocycles. The zero-order valence-electron chi connectivity index (χ0n) is 11.1. The molecule has 0 bridgehead atoms. The maximum Gasteiger partial charge on any atom is 0.133 e. The average molecular weight is 339 g/mol. The minimum absolute atomic E-state index is 0.0981. The fourth-order valence-corrected chi connectivity index (χ4v) is 2.52. The van der Waals surface area contributed by atoms with E-state index in [1.807, 2.05) is 24.3 Å². The first kappa shape index (κ1) is 14.8. The van der Waals surface area contributed by atoms with Gasteiger partial charge in [-0.25, -0.2) is 4.39 Å². The lowest BCUT2D eigenvalue weighted by atomic mass is 10.1. The van der Waals surface area contributed by atoms with Gasteiger partial charge in [-0.1, -0.05) is 12.1 Å². The molecule has 0 aliphatic heterocycles. The highest BCUT2D eigenvalue weighted by Gasteiger charge is 2.12. The van der Waals surface area contributed by atoms with Crippen LogP contribution in [-0.2, 0) is 0 Å². The standard InChI is InChI=1S/C15H16BrFN2O/c1-20-15-6-5-10(7-13(15)16)14(9-18)19-12-4-2-3-11(17)8-12/h2-8,14,19H,9,18H2,1H3. The van der Waals surface area contributed by atoms with Crippen LogP contribution >= 0.6 is 15.9 Å². The van der Waals surface area contributed by atoms with E-state index in [-0.39, 0.29) is 11.9 Å². The summed E-state index contributed by atoms with van der Waals surface area (Å²) in [4.78, 5) is 0. The van der Waals surface area contributed by atoms with E-state index >= 15 is 0 Å². The van der Waals surface area contributed by atoms with Crippen molar-refractivity contribution in [3.05, 3.63) is 58.3 Å². The summed E-state index contributed by atoms with van der Waals surface area (Å²) in [7, 11) is 1.62. The van der Waals surface area contributed by atoms with Gasteiger partial charge in [-0.3, -0.25) is 0 Å².